The van der Waals surface area contributed by atoms with Gasteiger partial charge in [0.25, 0.3) is 5.91 Å². The first-order valence-corrected chi connectivity index (χ1v) is 7.84. The highest BCUT2D eigenvalue weighted by Crippen LogP contribution is 2.15. The number of aliphatic carboxylic acids is 1. The molecule has 6 heteroatoms. The van der Waals surface area contributed by atoms with Crippen LogP contribution >= 0.6 is 0 Å². The molecule has 1 heterocycles. The summed E-state index contributed by atoms with van der Waals surface area (Å²) in [6.45, 7) is 3.93. The minimum Gasteiger partial charge on any atom is -0.481 e. The monoisotopic (exact) mass is 327 g/mol. The minimum absolute atomic E-state index is 0.0511. The molecule has 0 bridgehead atoms. The van der Waals surface area contributed by atoms with Crippen molar-refractivity contribution in [1.82, 2.24) is 15.3 Å². The second-order valence-electron chi connectivity index (χ2n) is 5.91. The Morgan fingerprint density at radius 3 is 2.54 bits per heavy atom. The Kier molecular flexibility index (Phi) is 6.01. The van der Waals surface area contributed by atoms with Gasteiger partial charge in [-0.05, 0) is 17.9 Å². The number of carbonyl (C=O) groups is 2. The lowest BCUT2D eigenvalue weighted by Gasteiger charge is -2.15. The van der Waals surface area contributed by atoms with E-state index in [0.29, 0.717) is 17.7 Å². The highest BCUT2D eigenvalue weighted by atomic mass is 16.4. The van der Waals surface area contributed by atoms with Crippen LogP contribution in [0.4, 0.5) is 0 Å². The molecule has 0 saturated heterocycles. The second kappa shape index (κ2) is 8.19. The van der Waals surface area contributed by atoms with E-state index in [1.54, 1.807) is 0 Å². The lowest BCUT2D eigenvalue weighted by atomic mass is 9.99. The molecule has 1 aromatic carbocycles. The average molecular weight is 327 g/mol. The van der Waals surface area contributed by atoms with Crippen LogP contribution in [0.3, 0.4) is 0 Å². The molecule has 1 aromatic heterocycles. The van der Waals surface area contributed by atoms with E-state index in [1.807, 2.05) is 44.2 Å². The van der Waals surface area contributed by atoms with E-state index in [-0.39, 0.29) is 18.4 Å². The number of nitrogens with one attached hydrogen (secondary N) is 1. The molecule has 0 aliphatic carbocycles. The normalized spacial score (nSPS) is 12.0. The van der Waals surface area contributed by atoms with Crippen molar-refractivity contribution in [2.75, 3.05) is 6.54 Å². The first-order chi connectivity index (χ1) is 11.5. The number of hydrogen-bond donors (Lipinski definition) is 2. The first kappa shape index (κ1) is 17.6. The van der Waals surface area contributed by atoms with Gasteiger partial charge in [-0.1, -0.05) is 44.2 Å². The number of rotatable bonds is 7. The van der Waals surface area contributed by atoms with Crippen molar-refractivity contribution >= 4 is 11.9 Å². The van der Waals surface area contributed by atoms with E-state index in [9.17, 15) is 14.7 Å². The van der Waals surface area contributed by atoms with Gasteiger partial charge in [-0.25, -0.2) is 9.97 Å². The Labute approximate surface area is 141 Å². The summed E-state index contributed by atoms with van der Waals surface area (Å²) in [5, 5.41) is 12.1. The van der Waals surface area contributed by atoms with Gasteiger partial charge >= 0.3 is 5.97 Å². The molecule has 0 spiro atoms. The fraction of sp³-hybridized carbons (Fsp3) is 0.333. The molecule has 24 heavy (non-hydrogen) atoms. The third-order valence-electron chi connectivity index (χ3n) is 3.72. The van der Waals surface area contributed by atoms with Crippen LogP contribution in [0, 0.1) is 5.92 Å². The van der Waals surface area contributed by atoms with Crippen LogP contribution in [-0.2, 0) is 11.2 Å². The van der Waals surface area contributed by atoms with Crippen LogP contribution < -0.4 is 5.32 Å². The minimum atomic E-state index is -0.937. The zero-order valence-corrected chi connectivity index (χ0v) is 13.8. The third kappa shape index (κ3) is 4.62. The molecule has 1 amide bonds. The number of benzene rings is 1. The number of hydrogen-bond acceptors (Lipinski definition) is 4. The molecule has 0 fully saturated rings. The summed E-state index contributed by atoms with van der Waals surface area (Å²) >= 11 is 0. The number of amides is 1. The molecule has 2 rings (SSSR count). The number of carbonyl (C=O) groups excluding carboxylic acids is 1. The summed E-state index contributed by atoms with van der Waals surface area (Å²) < 4.78 is 0. The van der Waals surface area contributed by atoms with Gasteiger partial charge < -0.3 is 10.4 Å². The largest absolute Gasteiger partial charge is 0.481 e. The fourth-order valence-corrected chi connectivity index (χ4v) is 2.43. The van der Waals surface area contributed by atoms with Crippen molar-refractivity contribution in [3.8, 4) is 0 Å². The molecule has 2 aromatic rings. The molecule has 1 atom stereocenters. The maximum absolute atomic E-state index is 12.4. The molecular formula is C18H21N3O3. The quantitative estimate of drug-likeness (QED) is 0.814. The predicted molar refractivity (Wildman–Crippen MR) is 89.7 cm³/mol. The Morgan fingerprint density at radius 1 is 1.21 bits per heavy atom. The maximum Gasteiger partial charge on any atom is 0.308 e. The van der Waals surface area contributed by atoms with Crippen LogP contribution in [0.1, 0.15) is 41.4 Å². The average Bonchev–Trinajstić information content (AvgIpc) is 2.58. The Morgan fingerprint density at radius 2 is 1.92 bits per heavy atom. The smallest absolute Gasteiger partial charge is 0.308 e. The van der Waals surface area contributed by atoms with Crippen molar-refractivity contribution in [2.24, 2.45) is 5.92 Å². The van der Waals surface area contributed by atoms with E-state index in [0.717, 1.165) is 5.56 Å². The van der Waals surface area contributed by atoms with E-state index in [2.05, 4.69) is 15.3 Å². The SMILES string of the molecule is CC(C)c1ncncc1C(=O)NCC(Cc1ccccc1)C(=O)O. The Hall–Kier alpha value is -2.76. The van der Waals surface area contributed by atoms with Crippen molar-refractivity contribution in [2.45, 2.75) is 26.2 Å². The molecule has 2 N–H and O–H groups in total. The van der Waals surface area contributed by atoms with Gasteiger partial charge in [-0.15, -0.1) is 0 Å². The van der Waals surface area contributed by atoms with Crippen LogP contribution in [0.5, 0.6) is 0 Å². The van der Waals surface area contributed by atoms with Gasteiger partial charge in [0.1, 0.15) is 6.33 Å². The molecule has 0 radical (unpaired) electrons. The van der Waals surface area contributed by atoms with E-state index in [4.69, 9.17) is 0 Å². The topological polar surface area (TPSA) is 92.2 Å². The van der Waals surface area contributed by atoms with Crippen LogP contribution in [0.2, 0.25) is 0 Å². The third-order valence-corrected chi connectivity index (χ3v) is 3.72. The van der Waals surface area contributed by atoms with Crippen molar-refractivity contribution < 1.29 is 14.7 Å². The van der Waals surface area contributed by atoms with E-state index >= 15 is 0 Å². The van der Waals surface area contributed by atoms with Gasteiger partial charge in [0.05, 0.1) is 17.2 Å². The standard InChI is InChI=1S/C18H21N3O3/c1-12(2)16-15(10-19-11-21-16)17(22)20-9-14(18(23)24)8-13-6-4-3-5-7-13/h3-7,10-12,14H,8-9H2,1-2H3,(H,20,22)(H,23,24). The lowest BCUT2D eigenvalue weighted by Crippen LogP contribution is -2.34. The van der Waals surface area contributed by atoms with Crippen molar-refractivity contribution in [3.63, 3.8) is 0 Å². The van der Waals surface area contributed by atoms with Crippen LogP contribution in [0.15, 0.2) is 42.9 Å². The number of aromatic nitrogens is 2. The molecule has 0 saturated carbocycles. The molecule has 126 valence electrons. The molecule has 1 unspecified atom stereocenters. The Bertz CT molecular complexity index is 702. The molecule has 0 aliphatic rings. The summed E-state index contributed by atoms with van der Waals surface area (Å²) in [6.07, 6.45) is 3.23. The van der Waals surface area contributed by atoms with E-state index in [1.165, 1.54) is 12.5 Å². The fourth-order valence-electron chi connectivity index (χ4n) is 2.43. The number of carboxylic acid groups (broad SMARTS) is 1. The number of nitrogens with zero attached hydrogens (tertiary/aromatic N) is 2. The first-order valence-electron chi connectivity index (χ1n) is 7.84. The summed E-state index contributed by atoms with van der Waals surface area (Å²) in [5.41, 5.74) is 1.96. The second-order valence-corrected chi connectivity index (χ2v) is 5.91. The number of carboxylic acids is 1. The maximum atomic E-state index is 12.4. The van der Waals surface area contributed by atoms with Gasteiger partial charge in [0.15, 0.2) is 0 Å². The van der Waals surface area contributed by atoms with Gasteiger partial charge in [0.2, 0.25) is 0 Å². The van der Waals surface area contributed by atoms with Gasteiger partial charge in [-0.2, -0.15) is 0 Å². The highest BCUT2D eigenvalue weighted by molar-refractivity contribution is 5.95. The van der Waals surface area contributed by atoms with Crippen molar-refractivity contribution in [3.05, 3.63) is 59.7 Å². The van der Waals surface area contributed by atoms with Crippen LogP contribution in [-0.4, -0.2) is 33.5 Å². The summed E-state index contributed by atoms with van der Waals surface area (Å²) in [7, 11) is 0. The summed E-state index contributed by atoms with van der Waals surface area (Å²) in [4.78, 5) is 31.8. The van der Waals surface area contributed by atoms with Gasteiger partial charge in [-0.3, -0.25) is 9.59 Å². The van der Waals surface area contributed by atoms with Gasteiger partial charge in [0, 0.05) is 12.7 Å². The Balaban J connectivity index is 2.04. The van der Waals surface area contributed by atoms with E-state index < -0.39 is 11.9 Å². The summed E-state index contributed by atoms with van der Waals surface area (Å²) in [6, 6.07) is 9.36. The predicted octanol–water partition coefficient (Wildman–Crippen LogP) is 2.27. The summed E-state index contributed by atoms with van der Waals surface area (Å²) in [5.74, 6) is -1.90. The van der Waals surface area contributed by atoms with Crippen molar-refractivity contribution in [1.29, 1.82) is 0 Å². The zero-order valence-electron chi connectivity index (χ0n) is 13.8. The zero-order chi connectivity index (χ0) is 17.5. The molecule has 0 aliphatic heterocycles. The lowest BCUT2D eigenvalue weighted by molar-refractivity contribution is -0.141. The molecule has 6 nitrogen and oxygen atoms in total. The molecular weight excluding hydrogens is 306 g/mol. The highest BCUT2D eigenvalue weighted by Gasteiger charge is 2.21. The van der Waals surface area contributed by atoms with Crippen LogP contribution in [0.25, 0.3) is 0 Å².